The van der Waals surface area contributed by atoms with Gasteiger partial charge in [-0.15, -0.1) is 0 Å². The van der Waals surface area contributed by atoms with Crippen LogP contribution in [0.5, 0.6) is 0 Å². The monoisotopic (exact) mass is 504 g/mol. The fraction of sp³-hybridized carbons (Fsp3) is 0.444. The number of nitrogens with one attached hydrogen (secondary N) is 2. The van der Waals surface area contributed by atoms with Crippen molar-refractivity contribution < 1.29 is 9.59 Å². The Labute approximate surface area is 214 Å². The molecule has 3 aromatic rings. The summed E-state index contributed by atoms with van der Waals surface area (Å²) in [7, 11) is 0. The number of carbonyl (C=O) groups is 2. The van der Waals surface area contributed by atoms with Crippen LogP contribution in [0.1, 0.15) is 45.6 Å². The standard InChI is InChI=1S/C27H32N6O4/c1-17(2)33-22-11-10-20(14-21(22)25(35)32(27(33)37)15-18-8-9-18)29-26(36)31-13-5-6-19(16-31)24(34)30-23-7-3-4-12-28-23/h3-4,7,10-12,14,17-19H,5-6,8-9,13,15-16H2,1-2H3,(H,29,36)(H,28,30,34)/t19-/m1/s1. The summed E-state index contributed by atoms with van der Waals surface area (Å²) in [5.41, 5.74) is 0.407. The predicted molar refractivity (Wildman–Crippen MR) is 142 cm³/mol. The molecule has 0 unspecified atom stereocenters. The van der Waals surface area contributed by atoms with Crippen LogP contribution in [0.4, 0.5) is 16.3 Å². The molecule has 1 aliphatic heterocycles. The molecule has 2 aliphatic rings. The van der Waals surface area contributed by atoms with Gasteiger partial charge in [0.05, 0.1) is 16.8 Å². The van der Waals surface area contributed by atoms with Gasteiger partial charge in [0, 0.05) is 37.6 Å². The van der Waals surface area contributed by atoms with Gasteiger partial charge < -0.3 is 15.5 Å². The Morgan fingerprint density at radius 1 is 1.08 bits per heavy atom. The number of nitrogens with zero attached hydrogens (tertiary/aromatic N) is 4. The maximum Gasteiger partial charge on any atom is 0.331 e. The second kappa shape index (κ2) is 10.2. The van der Waals surface area contributed by atoms with E-state index >= 15 is 0 Å². The normalized spacial score (nSPS) is 17.7. The van der Waals surface area contributed by atoms with Gasteiger partial charge in [-0.25, -0.2) is 14.6 Å². The maximum absolute atomic E-state index is 13.3. The first-order chi connectivity index (χ1) is 17.8. The Morgan fingerprint density at radius 2 is 1.89 bits per heavy atom. The third kappa shape index (κ3) is 5.28. The molecule has 5 rings (SSSR count). The molecule has 1 atom stereocenters. The number of anilines is 2. The zero-order valence-corrected chi connectivity index (χ0v) is 21.1. The van der Waals surface area contributed by atoms with E-state index in [1.807, 2.05) is 13.8 Å². The van der Waals surface area contributed by atoms with E-state index in [4.69, 9.17) is 0 Å². The summed E-state index contributed by atoms with van der Waals surface area (Å²) in [6.07, 6.45) is 5.06. The number of amides is 3. The lowest BCUT2D eigenvalue weighted by molar-refractivity contribution is -0.121. The molecule has 2 aromatic heterocycles. The highest BCUT2D eigenvalue weighted by Crippen LogP contribution is 2.30. The second-order valence-corrected chi connectivity index (χ2v) is 10.3. The molecule has 10 heteroatoms. The number of piperidine rings is 1. The van der Waals surface area contributed by atoms with Crippen molar-refractivity contribution in [3.05, 3.63) is 63.4 Å². The highest BCUT2D eigenvalue weighted by molar-refractivity contribution is 5.94. The lowest BCUT2D eigenvalue weighted by atomic mass is 9.97. The van der Waals surface area contributed by atoms with Crippen molar-refractivity contribution in [3.63, 3.8) is 0 Å². The molecule has 2 N–H and O–H groups in total. The molecule has 194 valence electrons. The van der Waals surface area contributed by atoms with Crippen LogP contribution < -0.4 is 21.9 Å². The van der Waals surface area contributed by atoms with Crippen LogP contribution in [-0.2, 0) is 11.3 Å². The molecule has 2 fully saturated rings. The molecular weight excluding hydrogens is 472 g/mol. The highest BCUT2D eigenvalue weighted by atomic mass is 16.2. The molecule has 0 bridgehead atoms. The summed E-state index contributed by atoms with van der Waals surface area (Å²) in [5.74, 6) is 0.351. The fourth-order valence-corrected chi connectivity index (χ4v) is 4.92. The highest BCUT2D eigenvalue weighted by Gasteiger charge is 2.29. The van der Waals surface area contributed by atoms with Gasteiger partial charge in [-0.05, 0) is 75.8 Å². The summed E-state index contributed by atoms with van der Waals surface area (Å²) < 4.78 is 2.97. The number of carbonyl (C=O) groups excluding carboxylic acids is 2. The fourth-order valence-electron chi connectivity index (χ4n) is 4.92. The van der Waals surface area contributed by atoms with Crippen LogP contribution in [-0.4, -0.2) is 44.0 Å². The molecular formula is C27H32N6O4. The molecule has 0 radical (unpaired) electrons. The van der Waals surface area contributed by atoms with Gasteiger partial charge in [0.1, 0.15) is 5.82 Å². The van der Waals surface area contributed by atoms with E-state index in [1.54, 1.807) is 52.1 Å². The molecule has 1 saturated heterocycles. The minimum absolute atomic E-state index is 0.121. The quantitative estimate of drug-likeness (QED) is 0.533. The summed E-state index contributed by atoms with van der Waals surface area (Å²) >= 11 is 0. The van der Waals surface area contributed by atoms with Crippen molar-refractivity contribution in [1.29, 1.82) is 0 Å². The van der Waals surface area contributed by atoms with Crippen LogP contribution in [0, 0.1) is 11.8 Å². The first-order valence-corrected chi connectivity index (χ1v) is 12.9. The largest absolute Gasteiger partial charge is 0.331 e. The van der Waals surface area contributed by atoms with Crippen LogP contribution in [0.3, 0.4) is 0 Å². The SMILES string of the molecule is CC(C)n1c(=O)n(CC2CC2)c(=O)c2cc(NC(=O)N3CCC[C@@H](C(=O)Nc4ccccn4)C3)ccc21. The van der Waals surface area contributed by atoms with Crippen LogP contribution in [0.25, 0.3) is 10.9 Å². The Bertz CT molecular complexity index is 1440. The first kappa shape index (κ1) is 24.7. The minimum atomic E-state index is -0.340. The van der Waals surface area contributed by atoms with Gasteiger partial charge in [0.25, 0.3) is 5.56 Å². The maximum atomic E-state index is 13.3. The van der Waals surface area contributed by atoms with Gasteiger partial charge in [0.15, 0.2) is 0 Å². The van der Waals surface area contributed by atoms with Crippen molar-refractivity contribution in [2.75, 3.05) is 23.7 Å². The minimum Gasteiger partial charge on any atom is -0.324 e. The van der Waals surface area contributed by atoms with E-state index in [9.17, 15) is 19.2 Å². The van der Waals surface area contributed by atoms with Crippen molar-refractivity contribution >= 4 is 34.3 Å². The third-order valence-electron chi connectivity index (χ3n) is 7.07. The third-order valence-corrected chi connectivity index (χ3v) is 7.07. The van der Waals surface area contributed by atoms with Crippen LogP contribution in [0.15, 0.2) is 52.2 Å². The lowest BCUT2D eigenvalue weighted by Crippen LogP contribution is -2.45. The van der Waals surface area contributed by atoms with Crippen molar-refractivity contribution in [3.8, 4) is 0 Å². The molecule has 0 spiro atoms. The molecule has 37 heavy (non-hydrogen) atoms. The Balaban J connectivity index is 1.35. The number of urea groups is 1. The van der Waals surface area contributed by atoms with E-state index in [2.05, 4.69) is 15.6 Å². The summed E-state index contributed by atoms with van der Waals surface area (Å²) in [4.78, 5) is 57.9. The van der Waals surface area contributed by atoms with Crippen LogP contribution >= 0.6 is 0 Å². The van der Waals surface area contributed by atoms with E-state index in [0.29, 0.717) is 60.8 Å². The van der Waals surface area contributed by atoms with Crippen molar-refractivity contribution in [1.82, 2.24) is 19.0 Å². The number of hydrogen-bond donors (Lipinski definition) is 2. The van der Waals surface area contributed by atoms with Gasteiger partial charge in [-0.1, -0.05) is 6.07 Å². The molecule has 3 amide bonds. The van der Waals surface area contributed by atoms with E-state index in [0.717, 1.165) is 12.8 Å². The Kier molecular flexibility index (Phi) is 6.82. The molecule has 10 nitrogen and oxygen atoms in total. The number of fused-ring (bicyclic) bond motifs is 1. The topological polar surface area (TPSA) is 118 Å². The smallest absolute Gasteiger partial charge is 0.324 e. The number of pyridine rings is 1. The molecule has 3 heterocycles. The number of aromatic nitrogens is 3. The Hall–Kier alpha value is -3.95. The van der Waals surface area contributed by atoms with E-state index < -0.39 is 0 Å². The molecule has 1 aliphatic carbocycles. The van der Waals surface area contributed by atoms with Crippen molar-refractivity contribution in [2.24, 2.45) is 11.8 Å². The number of rotatable bonds is 6. The lowest BCUT2D eigenvalue weighted by Gasteiger charge is -2.32. The average molecular weight is 505 g/mol. The number of likely N-dealkylation sites (tertiary alicyclic amines) is 1. The zero-order chi connectivity index (χ0) is 26.1. The average Bonchev–Trinajstić information content (AvgIpc) is 3.72. The van der Waals surface area contributed by atoms with E-state index in [1.165, 1.54) is 4.57 Å². The summed E-state index contributed by atoms with van der Waals surface area (Å²) in [6, 6.07) is 9.92. The Morgan fingerprint density at radius 3 is 2.59 bits per heavy atom. The summed E-state index contributed by atoms with van der Waals surface area (Å²) in [6.45, 7) is 5.08. The number of benzene rings is 1. The zero-order valence-electron chi connectivity index (χ0n) is 21.1. The van der Waals surface area contributed by atoms with Crippen LogP contribution in [0.2, 0.25) is 0 Å². The predicted octanol–water partition coefficient (Wildman–Crippen LogP) is 3.43. The van der Waals surface area contributed by atoms with Gasteiger partial charge >= 0.3 is 11.7 Å². The van der Waals surface area contributed by atoms with Crippen molar-refractivity contribution in [2.45, 2.75) is 52.1 Å². The van der Waals surface area contributed by atoms with Gasteiger partial charge in [-0.2, -0.15) is 0 Å². The second-order valence-electron chi connectivity index (χ2n) is 10.3. The van der Waals surface area contributed by atoms with E-state index in [-0.39, 0.29) is 35.1 Å². The number of hydrogen-bond acceptors (Lipinski definition) is 5. The van der Waals surface area contributed by atoms with Gasteiger partial charge in [-0.3, -0.25) is 18.7 Å². The molecule has 1 aromatic carbocycles. The summed E-state index contributed by atoms with van der Waals surface area (Å²) in [5, 5.41) is 6.10. The first-order valence-electron chi connectivity index (χ1n) is 12.9. The van der Waals surface area contributed by atoms with Gasteiger partial charge in [0.2, 0.25) is 5.91 Å². The molecule has 1 saturated carbocycles.